The Balaban J connectivity index is 1.90. The van der Waals surface area contributed by atoms with E-state index in [9.17, 15) is 19.7 Å². The molecule has 8 nitrogen and oxygen atoms in total. The van der Waals surface area contributed by atoms with Crippen molar-refractivity contribution in [2.24, 2.45) is 0 Å². The molecule has 2 rings (SSSR count). The summed E-state index contributed by atoms with van der Waals surface area (Å²) < 4.78 is 5.18. The van der Waals surface area contributed by atoms with Gasteiger partial charge in [0.15, 0.2) is 11.3 Å². The summed E-state index contributed by atoms with van der Waals surface area (Å²) >= 11 is 7.04. The Hall–Kier alpha value is -2.65. The summed E-state index contributed by atoms with van der Waals surface area (Å²) in [6, 6.07) is 9.00. The molecule has 0 aliphatic heterocycles. The SMILES string of the molecule is C[C@@H](OC(=O)[C@@H](C)Sc1ccc([N+](=O)[O-])cc1)C(=O)Nc1cccnc1Cl. The minimum atomic E-state index is -1.03. The van der Waals surface area contributed by atoms with Gasteiger partial charge in [-0.3, -0.25) is 19.7 Å². The maximum Gasteiger partial charge on any atom is 0.319 e. The number of thioether (sulfide) groups is 1. The van der Waals surface area contributed by atoms with E-state index in [1.165, 1.54) is 37.0 Å². The Morgan fingerprint density at radius 3 is 2.52 bits per heavy atom. The highest BCUT2D eigenvalue weighted by molar-refractivity contribution is 8.00. The molecule has 142 valence electrons. The Labute approximate surface area is 164 Å². The largest absolute Gasteiger partial charge is 0.452 e. The van der Waals surface area contributed by atoms with Gasteiger partial charge in [0.05, 0.1) is 10.6 Å². The Bertz CT molecular complexity index is 847. The maximum atomic E-state index is 12.2. The number of hydrogen-bond donors (Lipinski definition) is 1. The van der Waals surface area contributed by atoms with Crippen LogP contribution in [0.2, 0.25) is 5.15 Å². The van der Waals surface area contributed by atoms with Gasteiger partial charge in [0.2, 0.25) is 0 Å². The highest BCUT2D eigenvalue weighted by Crippen LogP contribution is 2.26. The van der Waals surface area contributed by atoms with E-state index in [0.29, 0.717) is 10.6 Å². The van der Waals surface area contributed by atoms with Crippen molar-refractivity contribution in [2.75, 3.05) is 5.32 Å². The van der Waals surface area contributed by atoms with Gasteiger partial charge in [0, 0.05) is 23.2 Å². The van der Waals surface area contributed by atoms with Gasteiger partial charge in [-0.2, -0.15) is 0 Å². The second-order valence-electron chi connectivity index (χ2n) is 5.42. The van der Waals surface area contributed by atoms with E-state index < -0.39 is 28.2 Å². The van der Waals surface area contributed by atoms with Crippen molar-refractivity contribution in [2.45, 2.75) is 30.1 Å². The maximum absolute atomic E-state index is 12.2. The second-order valence-corrected chi connectivity index (χ2v) is 7.19. The highest BCUT2D eigenvalue weighted by atomic mass is 35.5. The molecule has 0 saturated heterocycles. The topological polar surface area (TPSA) is 111 Å². The Kier molecular flexibility index (Phi) is 7.14. The molecule has 1 aromatic carbocycles. The smallest absolute Gasteiger partial charge is 0.319 e. The van der Waals surface area contributed by atoms with Gasteiger partial charge in [-0.15, -0.1) is 11.8 Å². The van der Waals surface area contributed by atoms with Crippen molar-refractivity contribution in [3.05, 3.63) is 57.9 Å². The van der Waals surface area contributed by atoms with Gasteiger partial charge in [-0.25, -0.2) is 4.98 Å². The van der Waals surface area contributed by atoms with Crippen molar-refractivity contribution >= 4 is 46.6 Å². The number of carbonyl (C=O) groups is 2. The van der Waals surface area contributed by atoms with E-state index in [0.717, 1.165) is 0 Å². The summed E-state index contributed by atoms with van der Waals surface area (Å²) in [5.41, 5.74) is 0.286. The Morgan fingerprint density at radius 2 is 1.93 bits per heavy atom. The normalized spacial score (nSPS) is 12.7. The number of pyridine rings is 1. The third kappa shape index (κ3) is 5.93. The fourth-order valence-corrected chi connectivity index (χ4v) is 2.96. The molecule has 0 bridgehead atoms. The average Bonchev–Trinajstić information content (AvgIpc) is 2.63. The van der Waals surface area contributed by atoms with E-state index in [2.05, 4.69) is 10.3 Å². The van der Waals surface area contributed by atoms with Gasteiger partial charge in [-0.05, 0) is 38.1 Å². The number of nitrogens with zero attached hydrogens (tertiary/aromatic N) is 2. The van der Waals surface area contributed by atoms with Crippen LogP contribution in [-0.4, -0.2) is 33.1 Å². The molecule has 2 atom stereocenters. The highest BCUT2D eigenvalue weighted by Gasteiger charge is 2.23. The molecule has 0 fully saturated rings. The summed E-state index contributed by atoms with van der Waals surface area (Å²) in [5.74, 6) is -1.12. The molecular formula is C17H16ClN3O5S. The molecule has 0 radical (unpaired) electrons. The van der Waals surface area contributed by atoms with Crippen molar-refractivity contribution in [1.82, 2.24) is 4.98 Å². The number of nitrogens with one attached hydrogen (secondary N) is 1. The van der Waals surface area contributed by atoms with E-state index >= 15 is 0 Å². The molecule has 0 spiro atoms. The van der Waals surface area contributed by atoms with Gasteiger partial charge in [-0.1, -0.05) is 11.6 Å². The van der Waals surface area contributed by atoms with E-state index in [1.54, 1.807) is 31.2 Å². The van der Waals surface area contributed by atoms with E-state index in [-0.39, 0.29) is 10.8 Å². The van der Waals surface area contributed by atoms with Crippen LogP contribution in [-0.2, 0) is 14.3 Å². The van der Waals surface area contributed by atoms with Crippen LogP contribution in [0.5, 0.6) is 0 Å². The average molecular weight is 410 g/mol. The molecule has 0 saturated carbocycles. The number of amides is 1. The lowest BCUT2D eigenvalue weighted by Crippen LogP contribution is -2.32. The quantitative estimate of drug-likeness (QED) is 0.244. The zero-order chi connectivity index (χ0) is 20.0. The van der Waals surface area contributed by atoms with Crippen LogP contribution in [0.4, 0.5) is 11.4 Å². The minimum Gasteiger partial charge on any atom is -0.452 e. The lowest BCUT2D eigenvalue weighted by atomic mass is 10.3. The van der Waals surface area contributed by atoms with Crippen LogP contribution in [0, 0.1) is 10.1 Å². The third-order valence-corrected chi connectivity index (χ3v) is 4.76. The predicted octanol–water partition coefficient (Wildman–Crippen LogP) is 3.69. The van der Waals surface area contributed by atoms with Crippen LogP contribution in [0.15, 0.2) is 47.5 Å². The molecule has 1 N–H and O–H groups in total. The number of aromatic nitrogens is 1. The zero-order valence-electron chi connectivity index (χ0n) is 14.4. The number of rotatable bonds is 7. The number of hydrogen-bond acceptors (Lipinski definition) is 7. The summed E-state index contributed by atoms with van der Waals surface area (Å²) in [7, 11) is 0. The number of non-ortho nitro benzene ring substituents is 1. The van der Waals surface area contributed by atoms with E-state index in [4.69, 9.17) is 16.3 Å². The number of ether oxygens (including phenoxy) is 1. The molecule has 0 unspecified atom stereocenters. The first-order chi connectivity index (χ1) is 12.8. The fraction of sp³-hybridized carbons (Fsp3) is 0.235. The van der Waals surface area contributed by atoms with Crippen molar-refractivity contribution in [1.29, 1.82) is 0 Å². The number of nitro benzene ring substituents is 1. The first-order valence-corrected chi connectivity index (χ1v) is 9.06. The molecule has 27 heavy (non-hydrogen) atoms. The van der Waals surface area contributed by atoms with Crippen LogP contribution < -0.4 is 5.32 Å². The molecule has 0 aliphatic carbocycles. The molecule has 1 heterocycles. The molecule has 2 aromatic rings. The van der Waals surface area contributed by atoms with Crippen molar-refractivity contribution in [3.8, 4) is 0 Å². The molecule has 10 heteroatoms. The van der Waals surface area contributed by atoms with Gasteiger partial charge < -0.3 is 10.1 Å². The molecule has 1 amide bonds. The minimum absolute atomic E-state index is 0.0334. The number of anilines is 1. The summed E-state index contributed by atoms with van der Waals surface area (Å²) in [5, 5.41) is 12.7. The van der Waals surface area contributed by atoms with Crippen LogP contribution in [0.3, 0.4) is 0 Å². The summed E-state index contributed by atoms with van der Waals surface area (Å²) in [4.78, 5) is 39.0. The van der Waals surface area contributed by atoms with Crippen molar-refractivity contribution in [3.63, 3.8) is 0 Å². The van der Waals surface area contributed by atoms with Crippen LogP contribution >= 0.6 is 23.4 Å². The number of benzene rings is 1. The molecule has 1 aromatic heterocycles. The zero-order valence-corrected chi connectivity index (χ0v) is 16.0. The number of halogens is 1. The van der Waals surface area contributed by atoms with Gasteiger partial charge >= 0.3 is 5.97 Å². The standard InChI is InChI=1S/C17H16ClN3O5S/c1-10(16(22)20-14-4-3-9-19-15(14)18)26-17(23)11(2)27-13-7-5-12(6-8-13)21(24)25/h3-11H,1-2H3,(H,20,22)/t10-,11-/m1/s1. The van der Waals surface area contributed by atoms with Crippen LogP contribution in [0.1, 0.15) is 13.8 Å². The summed E-state index contributed by atoms with van der Waals surface area (Å²) in [6.07, 6.45) is 0.451. The number of nitro groups is 1. The van der Waals surface area contributed by atoms with Crippen LogP contribution in [0.25, 0.3) is 0 Å². The lowest BCUT2D eigenvalue weighted by Gasteiger charge is -2.16. The van der Waals surface area contributed by atoms with Gasteiger partial charge in [0.25, 0.3) is 11.6 Å². The first-order valence-electron chi connectivity index (χ1n) is 7.81. The third-order valence-electron chi connectivity index (χ3n) is 3.37. The van der Waals surface area contributed by atoms with Crippen molar-refractivity contribution < 1.29 is 19.2 Å². The Morgan fingerprint density at radius 1 is 1.26 bits per heavy atom. The number of esters is 1. The summed E-state index contributed by atoms with van der Waals surface area (Å²) in [6.45, 7) is 3.07. The molecule has 0 aliphatic rings. The second kappa shape index (κ2) is 9.33. The van der Waals surface area contributed by atoms with Gasteiger partial charge in [0.1, 0.15) is 5.25 Å². The molecular weight excluding hydrogens is 394 g/mol. The fourth-order valence-electron chi connectivity index (χ4n) is 1.94. The first kappa shape index (κ1) is 20.7. The predicted molar refractivity (Wildman–Crippen MR) is 102 cm³/mol. The van der Waals surface area contributed by atoms with E-state index in [1.807, 2.05) is 0 Å². The number of carbonyl (C=O) groups excluding carboxylic acids is 2. The monoisotopic (exact) mass is 409 g/mol. The lowest BCUT2D eigenvalue weighted by molar-refractivity contribution is -0.384.